The minimum absolute atomic E-state index is 0.0322. The number of H-pyrrole nitrogens is 1. The van der Waals surface area contributed by atoms with Gasteiger partial charge in [0, 0.05) is 16.1 Å². The Bertz CT molecular complexity index is 839. The van der Waals surface area contributed by atoms with E-state index in [9.17, 15) is 4.79 Å². The standard InChI is InChI=1S/C16H15N3OS/c1-9-3-6-14-15(7-9)19-16(18-14)21-11-4-5-13(17)12(8-11)10(2)20/h3-8H,17H2,1-2H3,(H,18,19). The molecule has 0 unspecified atom stereocenters. The normalized spacial score (nSPS) is 11.0. The third kappa shape index (κ3) is 2.78. The summed E-state index contributed by atoms with van der Waals surface area (Å²) in [5, 5.41) is 0.801. The molecule has 3 rings (SSSR count). The molecule has 0 radical (unpaired) electrons. The Balaban J connectivity index is 1.94. The van der Waals surface area contributed by atoms with E-state index >= 15 is 0 Å². The molecule has 0 amide bonds. The van der Waals surface area contributed by atoms with Crippen LogP contribution in [-0.2, 0) is 0 Å². The van der Waals surface area contributed by atoms with Gasteiger partial charge in [-0.1, -0.05) is 17.8 Å². The van der Waals surface area contributed by atoms with Crippen molar-refractivity contribution in [2.45, 2.75) is 23.9 Å². The molecule has 5 heteroatoms. The van der Waals surface area contributed by atoms with Crippen LogP contribution in [0.4, 0.5) is 5.69 Å². The van der Waals surface area contributed by atoms with Crippen LogP contribution in [0.25, 0.3) is 11.0 Å². The number of carbonyl (C=O) groups is 1. The van der Waals surface area contributed by atoms with Gasteiger partial charge in [-0.15, -0.1) is 0 Å². The second kappa shape index (κ2) is 5.26. The SMILES string of the molecule is CC(=O)c1cc(Sc2nc3ccc(C)cc3[nH]2)ccc1N. The largest absolute Gasteiger partial charge is 0.398 e. The van der Waals surface area contributed by atoms with Crippen LogP contribution in [0.2, 0.25) is 0 Å². The van der Waals surface area contributed by atoms with Crippen LogP contribution in [0.15, 0.2) is 46.5 Å². The first-order valence-electron chi connectivity index (χ1n) is 6.57. The number of nitrogens with two attached hydrogens (primary N) is 1. The molecule has 4 nitrogen and oxygen atoms in total. The number of ketones is 1. The summed E-state index contributed by atoms with van der Waals surface area (Å²) in [6.45, 7) is 3.57. The van der Waals surface area contributed by atoms with Crippen LogP contribution in [-0.4, -0.2) is 15.8 Å². The van der Waals surface area contributed by atoms with E-state index in [1.807, 2.05) is 25.1 Å². The van der Waals surface area contributed by atoms with Gasteiger partial charge in [0.2, 0.25) is 0 Å². The van der Waals surface area contributed by atoms with Crippen LogP contribution in [0.3, 0.4) is 0 Å². The van der Waals surface area contributed by atoms with Gasteiger partial charge in [-0.25, -0.2) is 4.98 Å². The Labute approximate surface area is 126 Å². The number of nitrogens with one attached hydrogen (secondary N) is 1. The van der Waals surface area contributed by atoms with E-state index in [0.29, 0.717) is 11.3 Å². The van der Waals surface area contributed by atoms with Crippen molar-refractivity contribution in [1.29, 1.82) is 0 Å². The lowest BCUT2D eigenvalue weighted by Crippen LogP contribution is -1.99. The van der Waals surface area contributed by atoms with E-state index in [2.05, 4.69) is 16.0 Å². The number of Topliss-reactive ketones (excluding diaryl/α,β-unsaturated/α-hetero) is 1. The van der Waals surface area contributed by atoms with Gasteiger partial charge in [-0.3, -0.25) is 4.79 Å². The highest BCUT2D eigenvalue weighted by molar-refractivity contribution is 7.99. The summed E-state index contributed by atoms with van der Waals surface area (Å²) >= 11 is 1.49. The summed E-state index contributed by atoms with van der Waals surface area (Å²) in [5.74, 6) is -0.0322. The van der Waals surface area contributed by atoms with Gasteiger partial charge < -0.3 is 10.7 Å². The fourth-order valence-electron chi connectivity index (χ4n) is 2.16. The van der Waals surface area contributed by atoms with E-state index < -0.39 is 0 Å². The molecule has 21 heavy (non-hydrogen) atoms. The summed E-state index contributed by atoms with van der Waals surface area (Å²) in [7, 11) is 0. The number of hydrogen-bond donors (Lipinski definition) is 2. The van der Waals surface area contributed by atoms with Crippen molar-refractivity contribution in [1.82, 2.24) is 9.97 Å². The third-order valence-electron chi connectivity index (χ3n) is 3.23. The van der Waals surface area contributed by atoms with Crippen molar-refractivity contribution in [3.8, 4) is 0 Å². The molecule has 0 spiro atoms. The topological polar surface area (TPSA) is 71.8 Å². The van der Waals surface area contributed by atoms with Gasteiger partial charge in [0.15, 0.2) is 10.9 Å². The van der Waals surface area contributed by atoms with Gasteiger partial charge in [-0.05, 0) is 49.7 Å². The van der Waals surface area contributed by atoms with E-state index in [-0.39, 0.29) is 5.78 Å². The molecule has 0 atom stereocenters. The molecule has 3 aromatic rings. The number of rotatable bonds is 3. The molecule has 0 aliphatic rings. The summed E-state index contributed by atoms with van der Waals surface area (Å²) in [6.07, 6.45) is 0. The first-order chi connectivity index (χ1) is 10.0. The smallest absolute Gasteiger partial charge is 0.171 e. The number of aryl methyl sites for hydroxylation is 1. The van der Waals surface area contributed by atoms with Crippen LogP contribution in [0, 0.1) is 6.92 Å². The number of imidazole rings is 1. The lowest BCUT2D eigenvalue weighted by atomic mass is 10.1. The molecule has 0 fully saturated rings. The van der Waals surface area contributed by atoms with E-state index in [1.165, 1.54) is 24.2 Å². The number of nitrogen functional groups attached to an aromatic ring is 1. The minimum Gasteiger partial charge on any atom is -0.398 e. The predicted molar refractivity (Wildman–Crippen MR) is 85.8 cm³/mol. The minimum atomic E-state index is -0.0322. The second-order valence-corrected chi connectivity index (χ2v) is 6.03. The van der Waals surface area contributed by atoms with Crippen LogP contribution >= 0.6 is 11.8 Å². The fraction of sp³-hybridized carbons (Fsp3) is 0.125. The zero-order valence-corrected chi connectivity index (χ0v) is 12.6. The quantitative estimate of drug-likeness (QED) is 0.569. The average molecular weight is 297 g/mol. The highest BCUT2D eigenvalue weighted by Crippen LogP contribution is 2.29. The maximum absolute atomic E-state index is 11.5. The van der Waals surface area contributed by atoms with E-state index in [4.69, 9.17) is 5.73 Å². The molecular formula is C16H15N3OS. The summed E-state index contributed by atoms with van der Waals surface area (Å²) in [5.41, 5.74) is 10.0. The number of aromatic nitrogens is 2. The highest BCUT2D eigenvalue weighted by Gasteiger charge is 2.09. The van der Waals surface area contributed by atoms with Crippen LogP contribution in [0.5, 0.6) is 0 Å². The maximum atomic E-state index is 11.5. The summed E-state index contributed by atoms with van der Waals surface area (Å²) in [6, 6.07) is 11.6. The second-order valence-electron chi connectivity index (χ2n) is 4.97. The summed E-state index contributed by atoms with van der Waals surface area (Å²) in [4.78, 5) is 20.3. The zero-order valence-electron chi connectivity index (χ0n) is 11.8. The lowest BCUT2D eigenvalue weighted by Gasteiger charge is -2.04. The number of benzene rings is 2. The Kier molecular flexibility index (Phi) is 3.43. The molecule has 106 valence electrons. The molecule has 0 aliphatic carbocycles. The molecule has 0 saturated heterocycles. The van der Waals surface area contributed by atoms with Crippen LogP contribution < -0.4 is 5.73 Å². The first-order valence-corrected chi connectivity index (χ1v) is 7.39. The fourth-order valence-corrected chi connectivity index (χ4v) is 3.00. The third-order valence-corrected chi connectivity index (χ3v) is 4.11. The van der Waals surface area contributed by atoms with Crippen molar-refractivity contribution in [2.24, 2.45) is 0 Å². The maximum Gasteiger partial charge on any atom is 0.171 e. The Morgan fingerprint density at radius 2 is 2.05 bits per heavy atom. The number of hydrogen-bond acceptors (Lipinski definition) is 4. The molecule has 0 saturated carbocycles. The molecule has 0 bridgehead atoms. The first kappa shape index (κ1) is 13.7. The van der Waals surface area contributed by atoms with Gasteiger partial charge in [-0.2, -0.15) is 0 Å². The molecule has 1 heterocycles. The molecule has 0 aliphatic heterocycles. The van der Waals surface area contributed by atoms with Crippen molar-refractivity contribution < 1.29 is 4.79 Å². The van der Waals surface area contributed by atoms with E-state index in [1.54, 1.807) is 12.1 Å². The number of anilines is 1. The van der Waals surface area contributed by atoms with E-state index in [0.717, 1.165) is 21.1 Å². The highest BCUT2D eigenvalue weighted by atomic mass is 32.2. The number of aromatic amines is 1. The molecule has 3 N–H and O–H groups in total. The zero-order chi connectivity index (χ0) is 15.0. The Hall–Kier alpha value is -2.27. The summed E-state index contributed by atoms with van der Waals surface area (Å²) < 4.78 is 0. The van der Waals surface area contributed by atoms with Crippen molar-refractivity contribution in [2.75, 3.05) is 5.73 Å². The molecule has 1 aromatic heterocycles. The monoisotopic (exact) mass is 297 g/mol. The number of nitrogens with zero attached hydrogens (tertiary/aromatic N) is 1. The number of carbonyl (C=O) groups excluding carboxylic acids is 1. The van der Waals surface area contributed by atoms with Crippen LogP contribution in [0.1, 0.15) is 22.8 Å². The Morgan fingerprint density at radius 1 is 1.24 bits per heavy atom. The lowest BCUT2D eigenvalue weighted by molar-refractivity contribution is 0.101. The van der Waals surface area contributed by atoms with Crippen molar-refractivity contribution in [3.63, 3.8) is 0 Å². The predicted octanol–water partition coefficient (Wildman–Crippen LogP) is 3.81. The van der Waals surface area contributed by atoms with Crippen molar-refractivity contribution >= 4 is 34.3 Å². The molecular weight excluding hydrogens is 282 g/mol. The van der Waals surface area contributed by atoms with Gasteiger partial charge in [0.1, 0.15) is 0 Å². The number of fused-ring (bicyclic) bond motifs is 1. The van der Waals surface area contributed by atoms with Gasteiger partial charge >= 0.3 is 0 Å². The van der Waals surface area contributed by atoms with Gasteiger partial charge in [0.25, 0.3) is 0 Å². The molecule has 2 aromatic carbocycles. The van der Waals surface area contributed by atoms with Gasteiger partial charge in [0.05, 0.1) is 11.0 Å². The average Bonchev–Trinajstić information content (AvgIpc) is 2.82. The van der Waals surface area contributed by atoms with Crippen molar-refractivity contribution in [3.05, 3.63) is 47.5 Å². The Morgan fingerprint density at radius 3 is 2.81 bits per heavy atom.